The molecule has 1 aliphatic rings. The van der Waals surface area contributed by atoms with E-state index in [1.165, 1.54) is 22.2 Å². The predicted molar refractivity (Wildman–Crippen MR) is 91.2 cm³/mol. The topological polar surface area (TPSA) is 28.2 Å². The third-order valence-corrected chi connectivity index (χ3v) is 4.37. The summed E-state index contributed by atoms with van der Waals surface area (Å²) >= 11 is 3.69. The summed E-state index contributed by atoms with van der Waals surface area (Å²) in [5, 5.41) is 4.69. The number of nitrogens with zero attached hydrogens (tertiary/aromatic N) is 2. The summed E-state index contributed by atoms with van der Waals surface area (Å²) in [6.45, 7) is 8.48. The van der Waals surface area contributed by atoms with Crippen LogP contribution in [0.4, 0.5) is 5.69 Å². The molecule has 0 unspecified atom stereocenters. The molecular weight excluding hydrogens is 338 g/mol. The highest BCUT2D eigenvalue weighted by Crippen LogP contribution is 2.36. The van der Waals surface area contributed by atoms with Gasteiger partial charge in [0.1, 0.15) is 0 Å². The Morgan fingerprint density at radius 1 is 1.15 bits per heavy atom. The number of fused-ring (bicyclic) bond motifs is 1. The second-order valence-electron chi connectivity index (χ2n) is 5.11. The Hall–Kier alpha value is -0.840. The van der Waals surface area contributed by atoms with E-state index in [0.29, 0.717) is 0 Å². The van der Waals surface area contributed by atoms with Crippen LogP contribution in [0.2, 0.25) is 0 Å². The minimum atomic E-state index is 0. The summed E-state index contributed by atoms with van der Waals surface area (Å²) in [6, 6.07) is 4.34. The maximum absolute atomic E-state index is 4.61. The molecule has 20 heavy (non-hydrogen) atoms. The fourth-order valence-electron chi connectivity index (χ4n) is 2.76. The van der Waals surface area contributed by atoms with Gasteiger partial charge in [-0.15, -0.1) is 12.4 Å². The molecule has 0 bridgehead atoms. The molecule has 1 aromatic heterocycles. The number of hydrogen-bond acceptors (Lipinski definition) is 3. The maximum atomic E-state index is 4.61. The summed E-state index contributed by atoms with van der Waals surface area (Å²) in [5.41, 5.74) is 4.96. The normalized spacial score (nSPS) is 15.2. The number of halogens is 2. The van der Waals surface area contributed by atoms with Crippen molar-refractivity contribution >= 4 is 44.9 Å². The summed E-state index contributed by atoms with van der Waals surface area (Å²) in [5.74, 6) is 0. The van der Waals surface area contributed by atoms with E-state index in [1.807, 2.05) is 6.20 Å². The molecule has 0 amide bonds. The van der Waals surface area contributed by atoms with Crippen molar-refractivity contribution in [1.29, 1.82) is 0 Å². The van der Waals surface area contributed by atoms with Crippen LogP contribution in [0.5, 0.6) is 0 Å². The van der Waals surface area contributed by atoms with Gasteiger partial charge >= 0.3 is 0 Å². The minimum absolute atomic E-state index is 0. The number of rotatable bonds is 1. The molecule has 3 rings (SSSR count). The van der Waals surface area contributed by atoms with Gasteiger partial charge in [-0.3, -0.25) is 4.98 Å². The van der Waals surface area contributed by atoms with E-state index in [1.54, 1.807) is 0 Å². The molecule has 108 valence electrons. The highest BCUT2D eigenvalue weighted by molar-refractivity contribution is 9.10. The van der Waals surface area contributed by atoms with E-state index in [2.05, 4.69) is 57.1 Å². The van der Waals surface area contributed by atoms with Crippen LogP contribution in [0.15, 0.2) is 22.8 Å². The fourth-order valence-corrected chi connectivity index (χ4v) is 3.31. The Bertz CT molecular complexity index is 624. The van der Waals surface area contributed by atoms with Gasteiger partial charge in [-0.05, 0) is 40.9 Å². The first-order chi connectivity index (χ1) is 9.18. The van der Waals surface area contributed by atoms with Crippen molar-refractivity contribution in [1.82, 2.24) is 10.3 Å². The standard InChI is InChI=1S/C15H18BrN3.ClH/c1-10-3-4-11(2)14-13(10)15(12(16)9-18-14)19-7-5-17-6-8-19;/h3-4,9,17H,5-8H2,1-2H3;1H. The Balaban J connectivity index is 0.00000147. The molecule has 1 N–H and O–H groups in total. The van der Waals surface area contributed by atoms with Gasteiger partial charge in [-0.2, -0.15) is 0 Å². The molecule has 1 saturated heterocycles. The van der Waals surface area contributed by atoms with Crippen molar-refractivity contribution in [2.24, 2.45) is 0 Å². The van der Waals surface area contributed by atoms with Crippen LogP contribution in [-0.4, -0.2) is 31.2 Å². The molecule has 2 aromatic rings. The highest BCUT2D eigenvalue weighted by atomic mass is 79.9. The zero-order valence-corrected chi connectivity index (χ0v) is 14.1. The van der Waals surface area contributed by atoms with Crippen LogP contribution in [0.25, 0.3) is 10.9 Å². The van der Waals surface area contributed by atoms with Crippen molar-refractivity contribution in [3.8, 4) is 0 Å². The number of aryl methyl sites for hydroxylation is 2. The van der Waals surface area contributed by atoms with Gasteiger partial charge in [0.2, 0.25) is 0 Å². The van der Waals surface area contributed by atoms with Gasteiger partial charge in [0.25, 0.3) is 0 Å². The van der Waals surface area contributed by atoms with Crippen molar-refractivity contribution in [2.75, 3.05) is 31.1 Å². The molecule has 1 fully saturated rings. The summed E-state index contributed by atoms with van der Waals surface area (Å²) in [4.78, 5) is 7.06. The lowest BCUT2D eigenvalue weighted by Gasteiger charge is -2.31. The molecule has 0 spiro atoms. The lowest BCUT2D eigenvalue weighted by atomic mass is 10.0. The number of piperazine rings is 1. The molecule has 0 aliphatic carbocycles. The number of anilines is 1. The highest BCUT2D eigenvalue weighted by Gasteiger charge is 2.18. The van der Waals surface area contributed by atoms with E-state index in [-0.39, 0.29) is 12.4 Å². The fraction of sp³-hybridized carbons (Fsp3) is 0.400. The van der Waals surface area contributed by atoms with Gasteiger partial charge in [-0.25, -0.2) is 0 Å². The maximum Gasteiger partial charge on any atom is 0.0755 e. The molecular formula is C15H19BrClN3. The molecule has 5 heteroatoms. The summed E-state index contributed by atoms with van der Waals surface area (Å²) < 4.78 is 1.09. The van der Waals surface area contributed by atoms with Gasteiger partial charge in [-0.1, -0.05) is 12.1 Å². The van der Waals surface area contributed by atoms with E-state index in [9.17, 15) is 0 Å². The summed E-state index contributed by atoms with van der Waals surface area (Å²) in [7, 11) is 0. The number of aromatic nitrogens is 1. The zero-order chi connectivity index (χ0) is 13.4. The monoisotopic (exact) mass is 355 g/mol. The van der Waals surface area contributed by atoms with Crippen LogP contribution >= 0.6 is 28.3 Å². The SMILES string of the molecule is Cc1ccc(C)c2c(N3CCNCC3)c(Br)cnc12.Cl. The van der Waals surface area contributed by atoms with Crippen LogP contribution in [0.1, 0.15) is 11.1 Å². The molecule has 1 aliphatic heterocycles. The van der Waals surface area contributed by atoms with Crippen LogP contribution in [-0.2, 0) is 0 Å². The first kappa shape index (κ1) is 15.5. The van der Waals surface area contributed by atoms with E-state index < -0.39 is 0 Å². The van der Waals surface area contributed by atoms with Crippen molar-refractivity contribution in [3.63, 3.8) is 0 Å². The van der Waals surface area contributed by atoms with Crippen LogP contribution in [0.3, 0.4) is 0 Å². The molecule has 3 nitrogen and oxygen atoms in total. The van der Waals surface area contributed by atoms with E-state index in [4.69, 9.17) is 0 Å². The Morgan fingerprint density at radius 2 is 1.80 bits per heavy atom. The second kappa shape index (κ2) is 6.29. The van der Waals surface area contributed by atoms with Gasteiger partial charge in [0.15, 0.2) is 0 Å². The van der Waals surface area contributed by atoms with Crippen molar-refractivity contribution in [2.45, 2.75) is 13.8 Å². The van der Waals surface area contributed by atoms with Crippen molar-refractivity contribution < 1.29 is 0 Å². The van der Waals surface area contributed by atoms with Crippen LogP contribution in [0, 0.1) is 13.8 Å². The van der Waals surface area contributed by atoms with Gasteiger partial charge in [0.05, 0.1) is 15.7 Å². The largest absolute Gasteiger partial charge is 0.367 e. The zero-order valence-electron chi connectivity index (χ0n) is 11.7. The lowest BCUT2D eigenvalue weighted by Crippen LogP contribution is -2.43. The second-order valence-corrected chi connectivity index (χ2v) is 5.97. The van der Waals surface area contributed by atoms with E-state index >= 15 is 0 Å². The first-order valence-electron chi connectivity index (χ1n) is 6.68. The number of benzene rings is 1. The lowest BCUT2D eigenvalue weighted by molar-refractivity contribution is 0.589. The van der Waals surface area contributed by atoms with Crippen LogP contribution < -0.4 is 10.2 Å². The number of nitrogens with one attached hydrogen (secondary N) is 1. The van der Waals surface area contributed by atoms with Crippen molar-refractivity contribution in [3.05, 3.63) is 33.9 Å². The minimum Gasteiger partial charge on any atom is -0.367 e. The van der Waals surface area contributed by atoms with Gasteiger partial charge < -0.3 is 10.2 Å². The average Bonchev–Trinajstić information content (AvgIpc) is 2.44. The van der Waals surface area contributed by atoms with Gasteiger partial charge in [0, 0.05) is 37.8 Å². The number of hydrogen-bond donors (Lipinski definition) is 1. The Labute approximate surface area is 134 Å². The molecule has 1 aromatic carbocycles. The smallest absolute Gasteiger partial charge is 0.0755 e. The Morgan fingerprint density at radius 3 is 2.50 bits per heavy atom. The quantitative estimate of drug-likeness (QED) is 0.848. The average molecular weight is 357 g/mol. The number of pyridine rings is 1. The molecule has 2 heterocycles. The molecule has 0 atom stereocenters. The third kappa shape index (κ3) is 2.65. The first-order valence-corrected chi connectivity index (χ1v) is 7.48. The molecule has 0 radical (unpaired) electrons. The van der Waals surface area contributed by atoms with E-state index in [0.717, 1.165) is 36.2 Å². The Kier molecular flexibility index (Phi) is 4.89. The molecule has 0 saturated carbocycles. The summed E-state index contributed by atoms with van der Waals surface area (Å²) in [6.07, 6.45) is 1.94. The third-order valence-electron chi connectivity index (χ3n) is 3.79. The predicted octanol–water partition coefficient (Wildman–Crippen LogP) is 3.45.